The summed E-state index contributed by atoms with van der Waals surface area (Å²) in [5.74, 6) is 0.176. The van der Waals surface area contributed by atoms with Crippen LogP contribution in [0, 0.1) is 5.92 Å². The topological polar surface area (TPSA) is 61.4 Å². The fourth-order valence-electron chi connectivity index (χ4n) is 2.65. The highest BCUT2D eigenvalue weighted by Gasteiger charge is 2.25. The molecule has 1 fully saturated rings. The molecule has 1 aromatic rings. The van der Waals surface area contributed by atoms with Gasteiger partial charge in [0, 0.05) is 30.1 Å². The first-order valence-corrected chi connectivity index (χ1v) is 7.47. The minimum atomic E-state index is -0.199. The number of carbonyl (C=O) groups is 1. The molecule has 1 aliphatic rings. The van der Waals surface area contributed by atoms with Crippen LogP contribution in [0.1, 0.15) is 31.2 Å². The zero-order valence-corrected chi connectivity index (χ0v) is 12.2. The van der Waals surface area contributed by atoms with Crippen LogP contribution in [-0.2, 0) is 6.54 Å². The van der Waals surface area contributed by atoms with Gasteiger partial charge in [0.25, 0.3) is 0 Å². The molecule has 0 saturated heterocycles. The lowest BCUT2D eigenvalue weighted by atomic mass is 9.85. The van der Waals surface area contributed by atoms with Crippen LogP contribution >= 0.6 is 11.6 Å². The quantitative estimate of drug-likeness (QED) is 0.800. The van der Waals surface area contributed by atoms with Crippen molar-refractivity contribution in [3.8, 4) is 0 Å². The number of aliphatic hydroxyl groups is 1. The molecule has 0 radical (unpaired) electrons. The average molecular weight is 297 g/mol. The molecule has 0 aromatic heterocycles. The number of halogens is 1. The highest BCUT2D eigenvalue weighted by molar-refractivity contribution is 6.31. The van der Waals surface area contributed by atoms with Crippen molar-refractivity contribution >= 4 is 17.6 Å². The largest absolute Gasteiger partial charge is 0.396 e. The number of urea groups is 1. The zero-order chi connectivity index (χ0) is 14.4. The van der Waals surface area contributed by atoms with Gasteiger partial charge in [-0.3, -0.25) is 0 Å². The van der Waals surface area contributed by atoms with Gasteiger partial charge in [-0.15, -0.1) is 0 Å². The maximum Gasteiger partial charge on any atom is 0.315 e. The van der Waals surface area contributed by atoms with E-state index < -0.39 is 0 Å². The van der Waals surface area contributed by atoms with Crippen LogP contribution in [0.25, 0.3) is 0 Å². The Morgan fingerprint density at radius 1 is 1.30 bits per heavy atom. The molecule has 0 aliphatic heterocycles. The van der Waals surface area contributed by atoms with Gasteiger partial charge in [0.15, 0.2) is 0 Å². The van der Waals surface area contributed by atoms with E-state index >= 15 is 0 Å². The molecule has 0 spiro atoms. The van der Waals surface area contributed by atoms with E-state index in [1.165, 1.54) is 0 Å². The molecule has 5 heteroatoms. The summed E-state index contributed by atoms with van der Waals surface area (Å²) in [6.45, 7) is 0.539. The van der Waals surface area contributed by atoms with Crippen LogP contribution < -0.4 is 10.6 Å². The SMILES string of the molecule is O=C(NCc1ccccc1Cl)NC1CCCCC1CO. The van der Waals surface area contributed by atoms with E-state index in [4.69, 9.17) is 11.6 Å². The smallest absolute Gasteiger partial charge is 0.315 e. The molecule has 1 aromatic carbocycles. The highest BCUT2D eigenvalue weighted by Crippen LogP contribution is 2.23. The van der Waals surface area contributed by atoms with Crippen LogP contribution in [-0.4, -0.2) is 23.8 Å². The van der Waals surface area contributed by atoms with E-state index in [1.54, 1.807) is 6.07 Å². The summed E-state index contributed by atoms with van der Waals surface area (Å²) < 4.78 is 0. The van der Waals surface area contributed by atoms with Crippen LogP contribution in [0.4, 0.5) is 4.79 Å². The van der Waals surface area contributed by atoms with Gasteiger partial charge >= 0.3 is 6.03 Å². The number of nitrogens with one attached hydrogen (secondary N) is 2. The van der Waals surface area contributed by atoms with Gasteiger partial charge in [-0.1, -0.05) is 42.6 Å². The molecular weight excluding hydrogens is 276 g/mol. The third-order valence-electron chi connectivity index (χ3n) is 3.86. The second kappa shape index (κ2) is 7.50. The lowest BCUT2D eigenvalue weighted by Crippen LogP contribution is -2.47. The molecule has 2 unspecified atom stereocenters. The predicted octanol–water partition coefficient (Wildman–Crippen LogP) is 2.69. The van der Waals surface area contributed by atoms with Crippen molar-refractivity contribution in [2.24, 2.45) is 5.92 Å². The Kier molecular flexibility index (Phi) is 5.68. The van der Waals surface area contributed by atoms with Crippen LogP contribution in [0.3, 0.4) is 0 Å². The number of rotatable bonds is 4. The lowest BCUT2D eigenvalue weighted by molar-refractivity contribution is 0.153. The Morgan fingerprint density at radius 3 is 2.80 bits per heavy atom. The lowest BCUT2D eigenvalue weighted by Gasteiger charge is -2.30. The monoisotopic (exact) mass is 296 g/mol. The summed E-state index contributed by atoms with van der Waals surface area (Å²) in [5.41, 5.74) is 0.895. The first-order chi connectivity index (χ1) is 9.70. The van der Waals surface area contributed by atoms with Gasteiger partial charge in [0.1, 0.15) is 0 Å². The Morgan fingerprint density at radius 2 is 2.05 bits per heavy atom. The van der Waals surface area contributed by atoms with Gasteiger partial charge in [-0.2, -0.15) is 0 Å². The van der Waals surface area contributed by atoms with Crippen LogP contribution in [0.5, 0.6) is 0 Å². The summed E-state index contributed by atoms with van der Waals surface area (Å²) in [5, 5.41) is 15.8. The van der Waals surface area contributed by atoms with Gasteiger partial charge in [0.2, 0.25) is 0 Å². The molecule has 4 nitrogen and oxygen atoms in total. The van der Waals surface area contributed by atoms with E-state index in [0.717, 1.165) is 31.2 Å². The Balaban J connectivity index is 1.82. The number of amides is 2. The Hall–Kier alpha value is -1.26. The molecule has 2 amide bonds. The summed E-state index contributed by atoms with van der Waals surface area (Å²) in [4.78, 5) is 11.9. The molecule has 2 atom stereocenters. The molecular formula is C15H21ClN2O2. The number of aliphatic hydroxyl groups excluding tert-OH is 1. The first-order valence-electron chi connectivity index (χ1n) is 7.09. The molecule has 20 heavy (non-hydrogen) atoms. The highest BCUT2D eigenvalue weighted by atomic mass is 35.5. The van der Waals surface area contributed by atoms with Gasteiger partial charge in [-0.05, 0) is 24.5 Å². The summed E-state index contributed by atoms with van der Waals surface area (Å²) in [7, 11) is 0. The normalized spacial score (nSPS) is 22.3. The second-order valence-electron chi connectivity index (χ2n) is 5.25. The van der Waals surface area contributed by atoms with Gasteiger partial charge in [0.05, 0.1) is 0 Å². The van der Waals surface area contributed by atoms with Crippen molar-refractivity contribution in [1.82, 2.24) is 10.6 Å². The summed E-state index contributed by atoms with van der Waals surface area (Å²) in [6.07, 6.45) is 4.15. The van der Waals surface area contributed by atoms with Gasteiger partial charge in [-0.25, -0.2) is 4.79 Å². The number of hydrogen-bond donors (Lipinski definition) is 3. The van der Waals surface area contributed by atoms with Gasteiger partial charge < -0.3 is 15.7 Å². The first kappa shape index (κ1) is 15.1. The average Bonchev–Trinajstić information content (AvgIpc) is 2.47. The van der Waals surface area contributed by atoms with E-state index in [0.29, 0.717) is 11.6 Å². The second-order valence-corrected chi connectivity index (χ2v) is 5.66. The molecule has 0 heterocycles. The van der Waals surface area contributed by atoms with Crippen LogP contribution in [0.2, 0.25) is 5.02 Å². The number of hydrogen-bond acceptors (Lipinski definition) is 2. The standard InChI is InChI=1S/C15H21ClN2O2/c16-13-7-3-1-5-11(13)9-17-15(20)18-14-8-4-2-6-12(14)10-19/h1,3,5,7,12,14,19H,2,4,6,8-10H2,(H2,17,18,20). The minimum absolute atomic E-state index is 0.0694. The molecule has 0 bridgehead atoms. The summed E-state index contributed by atoms with van der Waals surface area (Å²) in [6, 6.07) is 7.32. The maximum atomic E-state index is 11.9. The number of benzene rings is 1. The van der Waals surface area contributed by atoms with Crippen molar-refractivity contribution in [3.63, 3.8) is 0 Å². The van der Waals surface area contributed by atoms with E-state index in [2.05, 4.69) is 10.6 Å². The van der Waals surface area contributed by atoms with E-state index in [9.17, 15) is 9.90 Å². The molecule has 110 valence electrons. The van der Waals surface area contributed by atoms with Crippen molar-refractivity contribution < 1.29 is 9.90 Å². The van der Waals surface area contributed by atoms with Crippen molar-refractivity contribution in [2.45, 2.75) is 38.3 Å². The number of carbonyl (C=O) groups excluding carboxylic acids is 1. The molecule has 2 rings (SSSR count). The third-order valence-corrected chi connectivity index (χ3v) is 4.23. The summed E-state index contributed by atoms with van der Waals surface area (Å²) >= 11 is 6.04. The molecule has 1 saturated carbocycles. The third kappa shape index (κ3) is 4.12. The van der Waals surface area contributed by atoms with Crippen molar-refractivity contribution in [1.29, 1.82) is 0 Å². The minimum Gasteiger partial charge on any atom is -0.396 e. The predicted molar refractivity (Wildman–Crippen MR) is 79.7 cm³/mol. The van der Waals surface area contributed by atoms with Crippen molar-refractivity contribution in [3.05, 3.63) is 34.9 Å². The fourth-order valence-corrected chi connectivity index (χ4v) is 2.86. The Labute approximate surface area is 124 Å². The van der Waals surface area contributed by atoms with E-state index in [-0.39, 0.29) is 24.6 Å². The molecule has 3 N–H and O–H groups in total. The van der Waals surface area contributed by atoms with E-state index in [1.807, 2.05) is 18.2 Å². The fraction of sp³-hybridized carbons (Fsp3) is 0.533. The maximum absolute atomic E-state index is 11.9. The Bertz CT molecular complexity index is 453. The van der Waals surface area contributed by atoms with Crippen LogP contribution in [0.15, 0.2) is 24.3 Å². The molecule has 1 aliphatic carbocycles. The zero-order valence-electron chi connectivity index (χ0n) is 11.4. The van der Waals surface area contributed by atoms with Crippen molar-refractivity contribution in [2.75, 3.05) is 6.61 Å².